The highest BCUT2D eigenvalue weighted by atomic mass is 32.2. The SMILES string of the molecule is COCCCSCc1ccc(CNC(C)(C)C)o1. The van der Waals surface area contributed by atoms with E-state index in [0.29, 0.717) is 0 Å². The highest BCUT2D eigenvalue weighted by molar-refractivity contribution is 7.98. The zero-order valence-corrected chi connectivity index (χ0v) is 12.7. The van der Waals surface area contributed by atoms with Gasteiger partial charge in [0.15, 0.2) is 0 Å². The third-order valence-electron chi connectivity index (χ3n) is 2.39. The van der Waals surface area contributed by atoms with Gasteiger partial charge in [0, 0.05) is 19.3 Å². The van der Waals surface area contributed by atoms with Crippen LogP contribution in [0, 0.1) is 0 Å². The Morgan fingerprint density at radius 3 is 2.67 bits per heavy atom. The minimum absolute atomic E-state index is 0.127. The Morgan fingerprint density at radius 2 is 2.00 bits per heavy atom. The zero-order valence-electron chi connectivity index (χ0n) is 11.9. The summed E-state index contributed by atoms with van der Waals surface area (Å²) in [5.41, 5.74) is 0.127. The highest BCUT2D eigenvalue weighted by Gasteiger charge is 2.10. The summed E-state index contributed by atoms with van der Waals surface area (Å²) in [5.74, 6) is 4.13. The van der Waals surface area contributed by atoms with Crippen LogP contribution in [0.25, 0.3) is 0 Å². The van der Waals surface area contributed by atoms with E-state index < -0.39 is 0 Å². The summed E-state index contributed by atoms with van der Waals surface area (Å²) in [6.45, 7) is 8.09. The van der Waals surface area contributed by atoms with E-state index in [-0.39, 0.29) is 5.54 Å². The summed E-state index contributed by atoms with van der Waals surface area (Å²) in [6, 6.07) is 4.13. The average Bonchev–Trinajstić information content (AvgIpc) is 2.73. The van der Waals surface area contributed by atoms with E-state index in [1.165, 1.54) is 0 Å². The van der Waals surface area contributed by atoms with Gasteiger partial charge in [0.25, 0.3) is 0 Å². The fraction of sp³-hybridized carbons (Fsp3) is 0.714. The molecule has 0 saturated carbocycles. The lowest BCUT2D eigenvalue weighted by molar-refractivity contribution is 0.200. The molecule has 0 fully saturated rings. The second-order valence-electron chi connectivity index (χ2n) is 5.37. The molecular weight excluding hydrogens is 246 g/mol. The molecule has 104 valence electrons. The first kappa shape index (κ1) is 15.6. The first-order valence-electron chi connectivity index (χ1n) is 6.40. The van der Waals surface area contributed by atoms with E-state index in [1.807, 2.05) is 11.8 Å². The molecule has 4 heteroatoms. The summed E-state index contributed by atoms with van der Waals surface area (Å²) in [5, 5.41) is 3.42. The molecule has 3 nitrogen and oxygen atoms in total. The van der Waals surface area contributed by atoms with Gasteiger partial charge in [0.1, 0.15) is 11.5 Å². The van der Waals surface area contributed by atoms with E-state index in [4.69, 9.17) is 9.15 Å². The molecule has 0 aromatic carbocycles. The molecule has 0 amide bonds. The van der Waals surface area contributed by atoms with Gasteiger partial charge < -0.3 is 14.5 Å². The lowest BCUT2D eigenvalue weighted by Crippen LogP contribution is -2.34. The lowest BCUT2D eigenvalue weighted by atomic mass is 10.1. The van der Waals surface area contributed by atoms with Crippen LogP contribution >= 0.6 is 11.8 Å². The molecule has 1 heterocycles. The van der Waals surface area contributed by atoms with Crippen LogP contribution in [0.3, 0.4) is 0 Å². The Labute approximate surface area is 115 Å². The van der Waals surface area contributed by atoms with Crippen LogP contribution in [-0.4, -0.2) is 25.0 Å². The van der Waals surface area contributed by atoms with Gasteiger partial charge in [-0.05, 0) is 45.1 Å². The molecule has 0 aliphatic carbocycles. The number of methoxy groups -OCH3 is 1. The van der Waals surface area contributed by atoms with Crippen molar-refractivity contribution in [3.63, 3.8) is 0 Å². The summed E-state index contributed by atoms with van der Waals surface area (Å²) >= 11 is 1.89. The van der Waals surface area contributed by atoms with E-state index >= 15 is 0 Å². The fourth-order valence-electron chi connectivity index (χ4n) is 1.43. The number of hydrogen-bond acceptors (Lipinski definition) is 4. The molecule has 1 aromatic heterocycles. The molecule has 0 radical (unpaired) electrons. The molecule has 0 spiro atoms. The van der Waals surface area contributed by atoms with Crippen molar-refractivity contribution in [2.75, 3.05) is 19.5 Å². The highest BCUT2D eigenvalue weighted by Crippen LogP contribution is 2.16. The van der Waals surface area contributed by atoms with Crippen LogP contribution in [0.1, 0.15) is 38.7 Å². The minimum Gasteiger partial charge on any atom is -0.464 e. The standard InChI is InChI=1S/C14H25NO2S/c1-14(2,3)15-10-12-6-7-13(17-12)11-18-9-5-8-16-4/h6-7,15H,5,8-11H2,1-4H3. The van der Waals surface area contributed by atoms with Gasteiger partial charge in [-0.15, -0.1) is 0 Å². The van der Waals surface area contributed by atoms with Crippen LogP contribution in [0.2, 0.25) is 0 Å². The first-order valence-corrected chi connectivity index (χ1v) is 7.56. The molecule has 1 rings (SSSR count). The van der Waals surface area contributed by atoms with Crippen LogP contribution < -0.4 is 5.32 Å². The molecule has 1 aromatic rings. The number of hydrogen-bond donors (Lipinski definition) is 1. The quantitative estimate of drug-likeness (QED) is 0.735. The third kappa shape index (κ3) is 7.09. The van der Waals surface area contributed by atoms with Gasteiger partial charge in [-0.3, -0.25) is 0 Å². The lowest BCUT2D eigenvalue weighted by Gasteiger charge is -2.19. The maximum Gasteiger partial charge on any atom is 0.118 e. The van der Waals surface area contributed by atoms with Gasteiger partial charge in [0.2, 0.25) is 0 Å². The largest absolute Gasteiger partial charge is 0.464 e. The van der Waals surface area contributed by atoms with Crippen LogP contribution in [0.5, 0.6) is 0 Å². The summed E-state index contributed by atoms with van der Waals surface area (Å²) < 4.78 is 10.8. The molecule has 18 heavy (non-hydrogen) atoms. The Balaban J connectivity index is 2.22. The predicted molar refractivity (Wildman–Crippen MR) is 78.0 cm³/mol. The Bertz CT molecular complexity index is 331. The van der Waals surface area contributed by atoms with Crippen molar-refractivity contribution >= 4 is 11.8 Å². The van der Waals surface area contributed by atoms with Gasteiger partial charge >= 0.3 is 0 Å². The Morgan fingerprint density at radius 1 is 1.28 bits per heavy atom. The summed E-state index contributed by atoms with van der Waals surface area (Å²) in [6.07, 6.45) is 1.10. The monoisotopic (exact) mass is 271 g/mol. The van der Waals surface area contributed by atoms with Crippen molar-refractivity contribution < 1.29 is 9.15 Å². The first-order chi connectivity index (χ1) is 8.51. The van der Waals surface area contributed by atoms with Crippen LogP contribution in [0.4, 0.5) is 0 Å². The Hall–Kier alpha value is -0.450. The molecule has 0 atom stereocenters. The van der Waals surface area contributed by atoms with Crippen molar-refractivity contribution in [2.45, 2.75) is 45.0 Å². The number of nitrogens with one attached hydrogen (secondary N) is 1. The topological polar surface area (TPSA) is 34.4 Å². The summed E-state index contributed by atoms with van der Waals surface area (Å²) in [7, 11) is 1.74. The van der Waals surface area contributed by atoms with E-state index in [2.05, 4.69) is 38.2 Å². The maximum absolute atomic E-state index is 5.77. The second-order valence-corrected chi connectivity index (χ2v) is 6.48. The molecular formula is C14H25NO2S. The van der Waals surface area contributed by atoms with Crippen molar-refractivity contribution in [3.05, 3.63) is 23.7 Å². The minimum atomic E-state index is 0.127. The van der Waals surface area contributed by atoms with Crippen molar-refractivity contribution in [1.82, 2.24) is 5.32 Å². The van der Waals surface area contributed by atoms with Gasteiger partial charge in [-0.25, -0.2) is 0 Å². The van der Waals surface area contributed by atoms with Crippen LogP contribution in [-0.2, 0) is 17.0 Å². The average molecular weight is 271 g/mol. The van der Waals surface area contributed by atoms with Crippen molar-refractivity contribution in [2.24, 2.45) is 0 Å². The fourth-order valence-corrected chi connectivity index (χ4v) is 2.25. The number of ether oxygens (including phenoxy) is 1. The predicted octanol–water partition coefficient (Wildman–Crippen LogP) is 3.44. The number of furan rings is 1. The van der Waals surface area contributed by atoms with E-state index in [1.54, 1.807) is 7.11 Å². The number of thioether (sulfide) groups is 1. The zero-order chi connectivity index (χ0) is 13.4. The maximum atomic E-state index is 5.77. The van der Waals surface area contributed by atoms with Gasteiger partial charge in [0.05, 0.1) is 12.3 Å². The molecule has 0 bridgehead atoms. The van der Waals surface area contributed by atoms with Crippen molar-refractivity contribution in [3.8, 4) is 0 Å². The molecule has 0 unspecified atom stereocenters. The molecule has 1 N–H and O–H groups in total. The van der Waals surface area contributed by atoms with Gasteiger partial charge in [-0.1, -0.05) is 0 Å². The molecule has 0 saturated heterocycles. The molecule has 0 aliphatic rings. The summed E-state index contributed by atoms with van der Waals surface area (Å²) in [4.78, 5) is 0. The second kappa shape index (κ2) is 7.87. The molecule has 0 aliphatic heterocycles. The van der Waals surface area contributed by atoms with E-state index in [0.717, 1.165) is 42.6 Å². The van der Waals surface area contributed by atoms with Crippen molar-refractivity contribution in [1.29, 1.82) is 0 Å². The third-order valence-corrected chi connectivity index (χ3v) is 3.46. The Kier molecular flexibility index (Phi) is 6.82. The normalized spacial score (nSPS) is 12.0. The van der Waals surface area contributed by atoms with Gasteiger partial charge in [-0.2, -0.15) is 11.8 Å². The number of rotatable bonds is 8. The van der Waals surface area contributed by atoms with Crippen LogP contribution in [0.15, 0.2) is 16.5 Å². The van der Waals surface area contributed by atoms with E-state index in [9.17, 15) is 0 Å². The smallest absolute Gasteiger partial charge is 0.118 e.